The largest absolute Gasteiger partial charge is 0.474 e. The van der Waals surface area contributed by atoms with Crippen LogP contribution in [0, 0.1) is 6.92 Å². The molecule has 0 aliphatic carbocycles. The standard InChI is InChI=1S/C24H19N5O2/c1-13-6-21-18(10-17(13)14-8-22-24(27-12-14)31-5-4-26-22)19(23(30)29-21)9-16-7-15-11-25-3-2-20(15)28-16/h2-3,6-12,26,28H,4-5H2,1H3,(H,29,30). The van der Waals surface area contributed by atoms with Gasteiger partial charge >= 0.3 is 0 Å². The molecule has 2 aliphatic rings. The molecule has 0 fully saturated rings. The summed E-state index contributed by atoms with van der Waals surface area (Å²) in [6.45, 7) is 3.41. The molecule has 5 heterocycles. The summed E-state index contributed by atoms with van der Waals surface area (Å²) in [4.78, 5) is 24.7. The lowest BCUT2D eigenvalue weighted by atomic mass is 9.95. The van der Waals surface area contributed by atoms with E-state index in [4.69, 9.17) is 4.74 Å². The van der Waals surface area contributed by atoms with E-state index in [9.17, 15) is 4.79 Å². The van der Waals surface area contributed by atoms with Crippen molar-refractivity contribution >= 4 is 39.8 Å². The highest BCUT2D eigenvalue weighted by Crippen LogP contribution is 2.39. The van der Waals surface area contributed by atoms with Crippen molar-refractivity contribution in [2.75, 3.05) is 23.8 Å². The summed E-state index contributed by atoms with van der Waals surface area (Å²) in [5.74, 6) is 0.515. The molecule has 1 amide bonds. The first-order chi connectivity index (χ1) is 15.2. The summed E-state index contributed by atoms with van der Waals surface area (Å²) in [7, 11) is 0. The first kappa shape index (κ1) is 17.7. The van der Waals surface area contributed by atoms with E-state index in [0.717, 1.165) is 56.8 Å². The molecule has 0 saturated carbocycles. The number of hydrogen-bond donors (Lipinski definition) is 3. The summed E-state index contributed by atoms with van der Waals surface area (Å²) < 4.78 is 5.60. The highest BCUT2D eigenvalue weighted by Gasteiger charge is 2.26. The number of nitrogens with one attached hydrogen (secondary N) is 3. The third kappa shape index (κ3) is 2.93. The minimum atomic E-state index is -0.109. The number of carbonyl (C=O) groups is 1. The highest BCUT2D eigenvalue weighted by atomic mass is 16.5. The van der Waals surface area contributed by atoms with E-state index in [-0.39, 0.29) is 5.91 Å². The van der Waals surface area contributed by atoms with Gasteiger partial charge in [0.1, 0.15) is 6.61 Å². The number of nitrogens with zero attached hydrogens (tertiary/aromatic N) is 2. The van der Waals surface area contributed by atoms with Crippen LogP contribution in [-0.4, -0.2) is 34.0 Å². The van der Waals surface area contributed by atoms with Gasteiger partial charge in [-0.05, 0) is 54.5 Å². The molecule has 3 N–H and O–H groups in total. The predicted molar refractivity (Wildman–Crippen MR) is 121 cm³/mol. The summed E-state index contributed by atoms with van der Waals surface area (Å²) >= 11 is 0. The number of anilines is 2. The number of fused-ring (bicyclic) bond motifs is 3. The monoisotopic (exact) mass is 409 g/mol. The molecule has 0 spiro atoms. The molecule has 4 aromatic rings. The lowest BCUT2D eigenvalue weighted by molar-refractivity contribution is -0.110. The van der Waals surface area contributed by atoms with Gasteiger partial charge in [-0.1, -0.05) is 0 Å². The Morgan fingerprint density at radius 2 is 2.03 bits per heavy atom. The van der Waals surface area contributed by atoms with Crippen molar-refractivity contribution in [2.45, 2.75) is 6.92 Å². The summed E-state index contributed by atoms with van der Waals surface area (Å²) in [5.41, 5.74) is 8.14. The lowest BCUT2D eigenvalue weighted by Gasteiger charge is -2.19. The number of benzene rings is 1. The van der Waals surface area contributed by atoms with E-state index in [1.807, 2.05) is 37.4 Å². The second-order valence-electron chi connectivity index (χ2n) is 7.76. The van der Waals surface area contributed by atoms with Gasteiger partial charge in [-0.3, -0.25) is 9.78 Å². The van der Waals surface area contributed by atoms with Crippen molar-refractivity contribution in [3.05, 3.63) is 65.7 Å². The van der Waals surface area contributed by atoms with Crippen molar-refractivity contribution in [1.29, 1.82) is 0 Å². The van der Waals surface area contributed by atoms with Crippen LogP contribution in [0.5, 0.6) is 5.88 Å². The molecule has 152 valence electrons. The van der Waals surface area contributed by atoms with Crippen LogP contribution in [0.4, 0.5) is 11.4 Å². The zero-order chi connectivity index (χ0) is 20.9. The van der Waals surface area contributed by atoms with Crippen LogP contribution >= 0.6 is 0 Å². The van der Waals surface area contributed by atoms with Crippen LogP contribution in [0.3, 0.4) is 0 Å². The average Bonchev–Trinajstić information content (AvgIpc) is 3.33. The number of aromatic amines is 1. The van der Waals surface area contributed by atoms with Gasteiger partial charge in [0.25, 0.3) is 5.91 Å². The van der Waals surface area contributed by atoms with Gasteiger partial charge in [0, 0.05) is 58.5 Å². The van der Waals surface area contributed by atoms with E-state index < -0.39 is 0 Å². The Morgan fingerprint density at radius 3 is 2.94 bits per heavy atom. The molecule has 2 aliphatic heterocycles. The molecule has 0 radical (unpaired) electrons. The zero-order valence-corrected chi connectivity index (χ0v) is 16.8. The van der Waals surface area contributed by atoms with Gasteiger partial charge in [-0.15, -0.1) is 0 Å². The number of H-pyrrole nitrogens is 1. The summed E-state index contributed by atoms with van der Waals surface area (Å²) in [5, 5.41) is 7.33. The van der Waals surface area contributed by atoms with Crippen LogP contribution < -0.4 is 15.4 Å². The number of ether oxygens (including phenoxy) is 1. The van der Waals surface area contributed by atoms with Gasteiger partial charge < -0.3 is 20.4 Å². The number of aryl methyl sites for hydroxylation is 1. The molecule has 1 aromatic carbocycles. The van der Waals surface area contributed by atoms with E-state index in [1.165, 1.54) is 0 Å². The molecule has 0 unspecified atom stereocenters. The maximum absolute atomic E-state index is 12.8. The quantitative estimate of drug-likeness (QED) is 0.431. The molecular formula is C24H19N5O2. The van der Waals surface area contributed by atoms with E-state index in [0.29, 0.717) is 18.1 Å². The first-order valence-electron chi connectivity index (χ1n) is 10.1. The third-order valence-electron chi connectivity index (χ3n) is 5.71. The van der Waals surface area contributed by atoms with Crippen LogP contribution in [0.25, 0.3) is 33.7 Å². The Balaban J connectivity index is 1.45. The van der Waals surface area contributed by atoms with Crippen molar-refractivity contribution in [2.24, 2.45) is 0 Å². The molecule has 7 nitrogen and oxygen atoms in total. The van der Waals surface area contributed by atoms with Crippen molar-refractivity contribution in [3.8, 4) is 17.0 Å². The maximum atomic E-state index is 12.8. The van der Waals surface area contributed by atoms with Crippen LogP contribution in [0.2, 0.25) is 0 Å². The number of rotatable bonds is 2. The van der Waals surface area contributed by atoms with Crippen molar-refractivity contribution < 1.29 is 9.53 Å². The number of aromatic nitrogens is 3. The van der Waals surface area contributed by atoms with Gasteiger partial charge in [0.05, 0.1) is 11.3 Å². The van der Waals surface area contributed by atoms with Crippen LogP contribution in [-0.2, 0) is 4.79 Å². The highest BCUT2D eigenvalue weighted by molar-refractivity contribution is 6.35. The van der Waals surface area contributed by atoms with Gasteiger partial charge in [-0.25, -0.2) is 4.98 Å². The fourth-order valence-corrected chi connectivity index (χ4v) is 4.20. The lowest BCUT2D eigenvalue weighted by Crippen LogP contribution is -2.18. The first-order valence-corrected chi connectivity index (χ1v) is 10.1. The Bertz CT molecular complexity index is 1370. The molecular weight excluding hydrogens is 390 g/mol. The maximum Gasteiger partial charge on any atom is 0.256 e. The normalized spacial score (nSPS) is 15.9. The number of pyridine rings is 2. The Morgan fingerprint density at radius 1 is 1.10 bits per heavy atom. The SMILES string of the molecule is Cc1cc2c(cc1-c1cnc3c(c1)NCCO3)C(=Cc1cc3cnccc3[nH]1)C(=O)N2. The average molecular weight is 409 g/mol. The molecule has 7 heteroatoms. The van der Waals surface area contributed by atoms with Crippen molar-refractivity contribution in [1.82, 2.24) is 15.0 Å². The Kier molecular flexibility index (Phi) is 3.83. The predicted octanol–water partition coefficient (Wildman–Crippen LogP) is 4.23. The van der Waals surface area contributed by atoms with E-state index in [1.54, 1.807) is 12.4 Å². The Labute approximate surface area is 178 Å². The fourth-order valence-electron chi connectivity index (χ4n) is 4.20. The molecule has 6 rings (SSSR count). The Hall–Kier alpha value is -4.13. The topological polar surface area (TPSA) is 91.9 Å². The fraction of sp³-hybridized carbons (Fsp3) is 0.125. The van der Waals surface area contributed by atoms with Crippen LogP contribution in [0.15, 0.2) is 48.9 Å². The third-order valence-corrected chi connectivity index (χ3v) is 5.71. The van der Waals surface area contributed by atoms with E-state index >= 15 is 0 Å². The molecule has 0 saturated heterocycles. The smallest absolute Gasteiger partial charge is 0.256 e. The minimum Gasteiger partial charge on any atom is -0.474 e. The second kappa shape index (κ2) is 6.70. The number of hydrogen-bond acceptors (Lipinski definition) is 5. The minimum absolute atomic E-state index is 0.109. The van der Waals surface area contributed by atoms with Gasteiger partial charge in [0.2, 0.25) is 5.88 Å². The van der Waals surface area contributed by atoms with Crippen LogP contribution in [0.1, 0.15) is 16.8 Å². The molecule has 0 bridgehead atoms. The van der Waals surface area contributed by atoms with E-state index in [2.05, 4.69) is 37.7 Å². The molecule has 31 heavy (non-hydrogen) atoms. The van der Waals surface area contributed by atoms with Gasteiger partial charge in [-0.2, -0.15) is 0 Å². The molecule has 0 atom stereocenters. The number of amides is 1. The second-order valence-corrected chi connectivity index (χ2v) is 7.76. The zero-order valence-electron chi connectivity index (χ0n) is 16.8. The molecule has 3 aromatic heterocycles. The summed E-state index contributed by atoms with van der Waals surface area (Å²) in [6.07, 6.45) is 7.26. The van der Waals surface area contributed by atoms with Crippen molar-refractivity contribution in [3.63, 3.8) is 0 Å². The number of carbonyl (C=O) groups excluding carboxylic acids is 1. The summed E-state index contributed by atoms with van der Waals surface area (Å²) in [6, 6.07) is 10.0. The van der Waals surface area contributed by atoms with Gasteiger partial charge in [0.15, 0.2) is 0 Å².